The Bertz CT molecular complexity index is 359. The van der Waals surface area contributed by atoms with Crippen LogP contribution < -0.4 is 5.32 Å². The molecule has 0 amide bonds. The zero-order chi connectivity index (χ0) is 11.9. The van der Waals surface area contributed by atoms with E-state index in [1.807, 2.05) is 44.2 Å². The predicted molar refractivity (Wildman–Crippen MR) is 66.9 cm³/mol. The van der Waals surface area contributed by atoms with Crippen LogP contribution in [0, 0.1) is 11.8 Å². The molecular formula is C14H19NO. The molecule has 0 saturated heterocycles. The van der Waals surface area contributed by atoms with Gasteiger partial charge in [0, 0.05) is 19.5 Å². The molecule has 0 saturated carbocycles. The van der Waals surface area contributed by atoms with Crippen molar-refractivity contribution in [3.8, 4) is 11.8 Å². The molecule has 0 aliphatic rings. The lowest BCUT2D eigenvalue weighted by atomic mass is 9.96. The lowest BCUT2D eigenvalue weighted by Gasteiger charge is -2.24. The van der Waals surface area contributed by atoms with Crippen LogP contribution in [0.1, 0.15) is 25.8 Å². The molecule has 0 aliphatic carbocycles. The summed E-state index contributed by atoms with van der Waals surface area (Å²) in [5.41, 5.74) is 0.116. The standard InChI is InChI=1S/C14H19NO/c1-3-4-8-11-15-12-14(2,16)13-9-6-5-7-10-13/h5-7,9-10,15-16H,8,11-12H2,1-2H3. The molecule has 86 valence electrons. The van der Waals surface area contributed by atoms with Gasteiger partial charge < -0.3 is 10.4 Å². The number of rotatable bonds is 5. The zero-order valence-electron chi connectivity index (χ0n) is 9.96. The molecule has 0 aromatic heterocycles. The van der Waals surface area contributed by atoms with Gasteiger partial charge in [0.15, 0.2) is 0 Å². The van der Waals surface area contributed by atoms with Gasteiger partial charge in [-0.1, -0.05) is 30.3 Å². The summed E-state index contributed by atoms with van der Waals surface area (Å²) < 4.78 is 0. The first kappa shape index (κ1) is 12.8. The van der Waals surface area contributed by atoms with Crippen molar-refractivity contribution >= 4 is 0 Å². The van der Waals surface area contributed by atoms with Gasteiger partial charge in [0.1, 0.15) is 0 Å². The Morgan fingerprint density at radius 1 is 1.31 bits per heavy atom. The number of aliphatic hydroxyl groups is 1. The van der Waals surface area contributed by atoms with E-state index in [9.17, 15) is 5.11 Å². The molecular weight excluding hydrogens is 198 g/mol. The summed E-state index contributed by atoms with van der Waals surface area (Å²) in [6.45, 7) is 5.01. The van der Waals surface area contributed by atoms with Gasteiger partial charge in [-0.15, -0.1) is 11.8 Å². The van der Waals surface area contributed by atoms with E-state index in [-0.39, 0.29) is 0 Å². The average Bonchev–Trinajstić information content (AvgIpc) is 2.30. The maximum absolute atomic E-state index is 10.2. The second-order valence-electron chi connectivity index (χ2n) is 3.99. The number of nitrogens with one attached hydrogen (secondary N) is 1. The molecule has 2 N–H and O–H groups in total. The molecule has 1 aromatic carbocycles. The smallest absolute Gasteiger partial charge is 0.0992 e. The van der Waals surface area contributed by atoms with E-state index in [2.05, 4.69) is 17.2 Å². The van der Waals surface area contributed by atoms with E-state index in [4.69, 9.17) is 0 Å². The molecule has 0 heterocycles. The molecule has 0 spiro atoms. The maximum atomic E-state index is 10.2. The molecule has 0 radical (unpaired) electrons. The van der Waals surface area contributed by atoms with Crippen LogP contribution in [0.15, 0.2) is 30.3 Å². The zero-order valence-corrected chi connectivity index (χ0v) is 9.96. The van der Waals surface area contributed by atoms with Crippen molar-refractivity contribution < 1.29 is 5.11 Å². The molecule has 0 aliphatic heterocycles. The normalized spacial score (nSPS) is 13.7. The second-order valence-corrected chi connectivity index (χ2v) is 3.99. The summed E-state index contributed by atoms with van der Waals surface area (Å²) >= 11 is 0. The Balaban J connectivity index is 2.42. The van der Waals surface area contributed by atoms with Gasteiger partial charge in [0.05, 0.1) is 5.60 Å². The number of hydrogen-bond acceptors (Lipinski definition) is 2. The van der Waals surface area contributed by atoms with Crippen LogP contribution in [0.4, 0.5) is 0 Å². The van der Waals surface area contributed by atoms with Crippen LogP contribution in [0.25, 0.3) is 0 Å². The van der Waals surface area contributed by atoms with Crippen molar-refractivity contribution in [3.63, 3.8) is 0 Å². The van der Waals surface area contributed by atoms with E-state index < -0.39 is 5.60 Å². The Kier molecular flexibility index (Phi) is 5.04. The van der Waals surface area contributed by atoms with Crippen molar-refractivity contribution in [1.29, 1.82) is 0 Å². The molecule has 1 rings (SSSR count). The third kappa shape index (κ3) is 4.06. The van der Waals surface area contributed by atoms with Crippen molar-refractivity contribution in [2.24, 2.45) is 0 Å². The average molecular weight is 217 g/mol. The van der Waals surface area contributed by atoms with Crippen molar-refractivity contribution in [3.05, 3.63) is 35.9 Å². The van der Waals surface area contributed by atoms with E-state index in [0.717, 1.165) is 18.5 Å². The molecule has 2 heteroatoms. The Morgan fingerprint density at radius 3 is 2.62 bits per heavy atom. The molecule has 2 nitrogen and oxygen atoms in total. The minimum Gasteiger partial charge on any atom is -0.384 e. The monoisotopic (exact) mass is 217 g/mol. The van der Waals surface area contributed by atoms with E-state index in [0.29, 0.717) is 6.54 Å². The fourth-order valence-corrected chi connectivity index (χ4v) is 1.51. The highest BCUT2D eigenvalue weighted by atomic mass is 16.3. The highest BCUT2D eigenvalue weighted by molar-refractivity contribution is 5.21. The van der Waals surface area contributed by atoms with Crippen LogP contribution >= 0.6 is 0 Å². The van der Waals surface area contributed by atoms with Gasteiger partial charge in [-0.2, -0.15) is 0 Å². The number of hydrogen-bond donors (Lipinski definition) is 2. The Morgan fingerprint density at radius 2 is 2.00 bits per heavy atom. The van der Waals surface area contributed by atoms with E-state index >= 15 is 0 Å². The number of benzene rings is 1. The molecule has 0 bridgehead atoms. The van der Waals surface area contributed by atoms with E-state index in [1.54, 1.807) is 0 Å². The van der Waals surface area contributed by atoms with Gasteiger partial charge in [-0.05, 0) is 19.4 Å². The summed E-state index contributed by atoms with van der Waals surface area (Å²) in [6.07, 6.45) is 0.821. The van der Waals surface area contributed by atoms with Gasteiger partial charge in [0.25, 0.3) is 0 Å². The first-order valence-electron chi connectivity index (χ1n) is 5.55. The lowest BCUT2D eigenvalue weighted by Crippen LogP contribution is -2.35. The van der Waals surface area contributed by atoms with Crippen LogP contribution in [0.5, 0.6) is 0 Å². The summed E-state index contributed by atoms with van der Waals surface area (Å²) in [6, 6.07) is 9.70. The van der Waals surface area contributed by atoms with Crippen LogP contribution in [-0.2, 0) is 5.60 Å². The molecule has 1 atom stereocenters. The summed E-state index contributed by atoms with van der Waals surface area (Å²) in [5.74, 6) is 5.82. The first-order chi connectivity index (χ1) is 7.67. The van der Waals surface area contributed by atoms with Crippen LogP contribution in [0.2, 0.25) is 0 Å². The molecule has 16 heavy (non-hydrogen) atoms. The third-order valence-electron chi connectivity index (χ3n) is 2.47. The van der Waals surface area contributed by atoms with E-state index in [1.165, 1.54) is 0 Å². The fraction of sp³-hybridized carbons (Fsp3) is 0.429. The van der Waals surface area contributed by atoms with Gasteiger partial charge in [0.2, 0.25) is 0 Å². The topological polar surface area (TPSA) is 32.3 Å². The molecule has 0 fully saturated rings. The van der Waals surface area contributed by atoms with Crippen LogP contribution in [0.3, 0.4) is 0 Å². The second kappa shape index (κ2) is 6.32. The van der Waals surface area contributed by atoms with Gasteiger partial charge in [-0.25, -0.2) is 0 Å². The molecule has 1 aromatic rings. The maximum Gasteiger partial charge on any atom is 0.0992 e. The highest BCUT2D eigenvalue weighted by Crippen LogP contribution is 2.18. The minimum absolute atomic E-state index is 0.544. The summed E-state index contributed by atoms with van der Waals surface area (Å²) in [4.78, 5) is 0. The Labute approximate surface area is 97.7 Å². The first-order valence-corrected chi connectivity index (χ1v) is 5.55. The lowest BCUT2D eigenvalue weighted by molar-refractivity contribution is 0.0574. The van der Waals surface area contributed by atoms with Gasteiger partial charge >= 0.3 is 0 Å². The summed E-state index contributed by atoms with van der Waals surface area (Å²) in [5, 5.41) is 13.5. The SMILES string of the molecule is CC#CCCNCC(C)(O)c1ccccc1. The minimum atomic E-state index is -0.819. The Hall–Kier alpha value is -1.30. The molecule has 1 unspecified atom stereocenters. The predicted octanol–water partition coefficient (Wildman–Crippen LogP) is 1.90. The van der Waals surface area contributed by atoms with Crippen LogP contribution in [-0.4, -0.2) is 18.2 Å². The largest absolute Gasteiger partial charge is 0.384 e. The third-order valence-corrected chi connectivity index (χ3v) is 2.47. The van der Waals surface area contributed by atoms with Crippen molar-refractivity contribution in [2.75, 3.05) is 13.1 Å². The highest BCUT2D eigenvalue weighted by Gasteiger charge is 2.21. The fourth-order valence-electron chi connectivity index (χ4n) is 1.51. The summed E-state index contributed by atoms with van der Waals surface area (Å²) in [7, 11) is 0. The quantitative estimate of drug-likeness (QED) is 0.583. The van der Waals surface area contributed by atoms with Crippen molar-refractivity contribution in [1.82, 2.24) is 5.32 Å². The van der Waals surface area contributed by atoms with Crippen molar-refractivity contribution in [2.45, 2.75) is 25.9 Å². The van der Waals surface area contributed by atoms with Gasteiger partial charge in [-0.3, -0.25) is 0 Å².